The SMILES string of the molecule is CC(C)C[C@@H](NC(=O)C(C)NS(=O)(=O)c1cccs1)C(=O)O. The van der Waals surface area contributed by atoms with Crippen molar-refractivity contribution in [2.45, 2.75) is 43.5 Å². The number of carbonyl (C=O) groups is 2. The van der Waals surface area contributed by atoms with Crippen LogP contribution in [-0.2, 0) is 19.6 Å². The van der Waals surface area contributed by atoms with Gasteiger partial charge in [0.2, 0.25) is 5.91 Å². The predicted octanol–water partition coefficient (Wildman–Crippen LogP) is 1.03. The van der Waals surface area contributed by atoms with Crippen LogP contribution in [0, 0.1) is 5.92 Å². The van der Waals surface area contributed by atoms with Crippen LogP contribution < -0.4 is 10.0 Å². The first-order valence-corrected chi connectivity index (χ1v) is 9.08. The molecular formula is C13H20N2O5S2. The summed E-state index contributed by atoms with van der Waals surface area (Å²) in [5, 5.41) is 13.1. The Balaban J connectivity index is 2.70. The number of carboxylic acid groups (broad SMARTS) is 1. The molecule has 0 spiro atoms. The maximum Gasteiger partial charge on any atom is 0.326 e. The van der Waals surface area contributed by atoms with Gasteiger partial charge in [0, 0.05) is 0 Å². The van der Waals surface area contributed by atoms with Crippen LogP contribution in [0.15, 0.2) is 21.7 Å². The minimum Gasteiger partial charge on any atom is -0.480 e. The smallest absolute Gasteiger partial charge is 0.326 e. The number of hydrogen-bond acceptors (Lipinski definition) is 5. The first-order chi connectivity index (χ1) is 10.1. The Morgan fingerprint density at radius 1 is 1.32 bits per heavy atom. The van der Waals surface area contributed by atoms with E-state index in [9.17, 15) is 18.0 Å². The molecule has 0 saturated carbocycles. The van der Waals surface area contributed by atoms with E-state index in [1.54, 1.807) is 11.4 Å². The number of rotatable bonds is 8. The number of nitrogens with one attached hydrogen (secondary N) is 2. The van der Waals surface area contributed by atoms with Crippen LogP contribution in [-0.4, -0.2) is 37.5 Å². The first kappa shape index (κ1) is 18.6. The number of sulfonamides is 1. The van der Waals surface area contributed by atoms with Crippen LogP contribution in [0.4, 0.5) is 0 Å². The van der Waals surface area contributed by atoms with Crippen molar-refractivity contribution in [1.29, 1.82) is 0 Å². The molecule has 0 aliphatic heterocycles. The second-order valence-corrected chi connectivity index (χ2v) is 8.19. The molecule has 0 aliphatic carbocycles. The van der Waals surface area contributed by atoms with Gasteiger partial charge in [-0.2, -0.15) is 4.72 Å². The van der Waals surface area contributed by atoms with Crippen molar-refractivity contribution in [3.63, 3.8) is 0 Å². The summed E-state index contributed by atoms with van der Waals surface area (Å²) >= 11 is 1.03. The van der Waals surface area contributed by atoms with Crippen LogP contribution in [0.3, 0.4) is 0 Å². The van der Waals surface area contributed by atoms with Crippen molar-refractivity contribution in [3.8, 4) is 0 Å². The van der Waals surface area contributed by atoms with Gasteiger partial charge in [0.25, 0.3) is 10.0 Å². The molecule has 3 N–H and O–H groups in total. The van der Waals surface area contributed by atoms with Crippen molar-refractivity contribution in [2.75, 3.05) is 0 Å². The molecule has 1 aromatic rings. The monoisotopic (exact) mass is 348 g/mol. The van der Waals surface area contributed by atoms with Gasteiger partial charge >= 0.3 is 5.97 Å². The molecule has 9 heteroatoms. The van der Waals surface area contributed by atoms with E-state index in [-0.39, 0.29) is 16.5 Å². The Hall–Kier alpha value is -1.45. The summed E-state index contributed by atoms with van der Waals surface area (Å²) in [5.41, 5.74) is 0. The van der Waals surface area contributed by atoms with Gasteiger partial charge in [0.05, 0.1) is 6.04 Å². The Labute approximate surface area is 133 Å². The topological polar surface area (TPSA) is 113 Å². The lowest BCUT2D eigenvalue weighted by Gasteiger charge is -2.19. The molecule has 0 aliphatic rings. The number of carboxylic acids is 1. The van der Waals surface area contributed by atoms with Crippen molar-refractivity contribution < 1.29 is 23.1 Å². The third kappa shape index (κ3) is 5.39. The largest absolute Gasteiger partial charge is 0.480 e. The zero-order chi connectivity index (χ0) is 16.9. The van der Waals surface area contributed by atoms with Crippen LogP contribution in [0.25, 0.3) is 0 Å². The summed E-state index contributed by atoms with van der Waals surface area (Å²) in [6, 6.07) is 0.908. The van der Waals surface area contributed by atoms with Crippen molar-refractivity contribution >= 4 is 33.2 Å². The van der Waals surface area contributed by atoms with Crippen LogP contribution in [0.2, 0.25) is 0 Å². The summed E-state index contributed by atoms with van der Waals surface area (Å²) in [7, 11) is -3.78. The van der Waals surface area contributed by atoms with Crippen molar-refractivity contribution in [2.24, 2.45) is 5.92 Å². The Kier molecular flexibility index (Phi) is 6.51. The average Bonchev–Trinajstić information content (AvgIpc) is 2.91. The van der Waals surface area contributed by atoms with Gasteiger partial charge in [0.15, 0.2) is 0 Å². The summed E-state index contributed by atoms with van der Waals surface area (Å²) < 4.78 is 26.4. The highest BCUT2D eigenvalue weighted by atomic mass is 32.2. The van der Waals surface area contributed by atoms with E-state index in [2.05, 4.69) is 10.0 Å². The fraction of sp³-hybridized carbons (Fsp3) is 0.538. The highest BCUT2D eigenvalue weighted by Crippen LogP contribution is 2.15. The summed E-state index contributed by atoms with van der Waals surface area (Å²) in [6.45, 7) is 5.05. The summed E-state index contributed by atoms with van der Waals surface area (Å²) in [6.07, 6.45) is 0.269. The molecule has 0 saturated heterocycles. The van der Waals surface area contributed by atoms with E-state index in [1.165, 1.54) is 13.0 Å². The van der Waals surface area contributed by atoms with E-state index >= 15 is 0 Å². The van der Waals surface area contributed by atoms with Gasteiger partial charge in [-0.1, -0.05) is 19.9 Å². The standard InChI is InChI=1S/C13H20N2O5S2/c1-8(2)7-10(13(17)18)14-12(16)9(3)15-22(19,20)11-5-4-6-21-11/h4-6,8-10,15H,7H2,1-3H3,(H,14,16)(H,17,18)/t9?,10-/m1/s1. The van der Waals surface area contributed by atoms with Gasteiger partial charge in [-0.3, -0.25) is 4.79 Å². The molecule has 1 amide bonds. The molecule has 7 nitrogen and oxygen atoms in total. The number of aliphatic carboxylic acids is 1. The minimum absolute atomic E-state index is 0.0829. The quantitative estimate of drug-likeness (QED) is 0.649. The number of amides is 1. The first-order valence-electron chi connectivity index (χ1n) is 6.72. The normalized spacial score (nSPS) is 14.5. The molecule has 0 bridgehead atoms. The lowest BCUT2D eigenvalue weighted by Crippen LogP contribution is -2.50. The van der Waals surface area contributed by atoms with Crippen LogP contribution >= 0.6 is 11.3 Å². The van der Waals surface area contributed by atoms with Gasteiger partial charge in [-0.15, -0.1) is 11.3 Å². The van der Waals surface area contributed by atoms with E-state index in [0.29, 0.717) is 0 Å². The van der Waals surface area contributed by atoms with E-state index in [0.717, 1.165) is 11.3 Å². The molecule has 1 rings (SSSR count). The Morgan fingerprint density at radius 2 is 1.95 bits per heavy atom. The molecule has 0 radical (unpaired) electrons. The number of thiophene rings is 1. The average molecular weight is 348 g/mol. The molecule has 22 heavy (non-hydrogen) atoms. The minimum atomic E-state index is -3.78. The molecule has 1 aromatic heterocycles. The van der Waals surface area contributed by atoms with Gasteiger partial charge < -0.3 is 10.4 Å². The number of carbonyl (C=O) groups excluding carboxylic acids is 1. The molecule has 1 heterocycles. The second-order valence-electron chi connectivity index (χ2n) is 5.30. The third-order valence-electron chi connectivity index (χ3n) is 2.81. The lowest BCUT2D eigenvalue weighted by atomic mass is 10.0. The fourth-order valence-electron chi connectivity index (χ4n) is 1.75. The summed E-state index contributed by atoms with van der Waals surface area (Å²) in [4.78, 5) is 23.1. The highest BCUT2D eigenvalue weighted by molar-refractivity contribution is 7.91. The van der Waals surface area contributed by atoms with E-state index in [4.69, 9.17) is 5.11 Å². The van der Waals surface area contributed by atoms with Crippen molar-refractivity contribution in [3.05, 3.63) is 17.5 Å². The van der Waals surface area contributed by atoms with Gasteiger partial charge in [0.1, 0.15) is 10.3 Å². The second kappa shape index (κ2) is 7.70. The molecule has 124 valence electrons. The zero-order valence-corrected chi connectivity index (χ0v) is 14.2. The zero-order valence-electron chi connectivity index (χ0n) is 12.6. The van der Waals surface area contributed by atoms with E-state index < -0.39 is 34.0 Å². The van der Waals surface area contributed by atoms with Crippen molar-refractivity contribution in [1.82, 2.24) is 10.0 Å². The van der Waals surface area contributed by atoms with Gasteiger partial charge in [-0.05, 0) is 30.7 Å². The maximum absolute atomic E-state index is 12.0. The highest BCUT2D eigenvalue weighted by Gasteiger charge is 2.27. The predicted molar refractivity (Wildman–Crippen MR) is 83.1 cm³/mol. The van der Waals surface area contributed by atoms with Gasteiger partial charge in [-0.25, -0.2) is 13.2 Å². The number of hydrogen-bond donors (Lipinski definition) is 3. The van der Waals surface area contributed by atoms with E-state index in [1.807, 2.05) is 13.8 Å². The van der Waals surface area contributed by atoms with Crippen LogP contribution in [0.1, 0.15) is 27.2 Å². The lowest BCUT2D eigenvalue weighted by molar-refractivity contribution is -0.142. The van der Waals surface area contributed by atoms with Crippen LogP contribution in [0.5, 0.6) is 0 Å². The molecule has 1 unspecified atom stereocenters. The molecule has 0 fully saturated rings. The molecule has 2 atom stereocenters. The molecular weight excluding hydrogens is 328 g/mol. The maximum atomic E-state index is 12.0. The fourth-order valence-corrected chi connectivity index (χ4v) is 3.96. The summed E-state index contributed by atoms with van der Waals surface area (Å²) in [5.74, 6) is -1.73. The third-order valence-corrected chi connectivity index (χ3v) is 5.75. The Morgan fingerprint density at radius 3 is 2.41 bits per heavy atom. The Bertz CT molecular complexity index is 610. The molecule has 0 aromatic carbocycles.